The highest BCUT2D eigenvalue weighted by atomic mass is 32.1. The van der Waals surface area contributed by atoms with Crippen molar-refractivity contribution in [2.45, 2.75) is 113 Å². The van der Waals surface area contributed by atoms with E-state index in [-0.39, 0.29) is 16.2 Å². The third-order valence-corrected chi connectivity index (χ3v) is 39.7. The summed E-state index contributed by atoms with van der Waals surface area (Å²) in [6.45, 7) is 0. The molecule has 19 aromatic carbocycles. The van der Waals surface area contributed by atoms with Crippen LogP contribution in [0.15, 0.2) is 417 Å². The zero-order valence-corrected chi connectivity index (χ0v) is 81.7. The van der Waals surface area contributed by atoms with Crippen LogP contribution in [-0.4, -0.2) is 4.57 Å². The summed E-state index contributed by atoms with van der Waals surface area (Å²) in [6.07, 6.45) is 21.2. The first kappa shape index (κ1) is 82.7. The first-order valence-corrected chi connectivity index (χ1v) is 54.6. The molecule has 694 valence electrons. The summed E-state index contributed by atoms with van der Waals surface area (Å²) in [5.74, 6) is 10.0. The molecule has 144 heavy (non-hydrogen) atoms. The number of para-hydroxylation sites is 3. The minimum atomic E-state index is 0.125. The fourth-order valence-electron chi connectivity index (χ4n) is 34.0. The normalized spacial score (nSPS) is 24.9. The Morgan fingerprint density at radius 3 is 0.938 bits per heavy atom. The molecular formula is C138H110N4OS. The average Bonchev–Trinajstić information content (AvgIpc) is 1.50. The Bertz CT molecular complexity index is 8600. The average molecular weight is 1870 g/mol. The minimum absolute atomic E-state index is 0.125. The van der Waals surface area contributed by atoms with Crippen molar-refractivity contribution >= 4 is 159 Å². The molecule has 12 bridgehead atoms. The van der Waals surface area contributed by atoms with Gasteiger partial charge in [-0.2, -0.15) is 0 Å². The van der Waals surface area contributed by atoms with Gasteiger partial charge in [0.15, 0.2) is 0 Å². The number of furan rings is 1. The highest BCUT2D eigenvalue weighted by Crippen LogP contribution is 2.74. The van der Waals surface area contributed by atoms with E-state index < -0.39 is 0 Å². The van der Waals surface area contributed by atoms with Crippen LogP contribution in [0.3, 0.4) is 0 Å². The lowest BCUT2D eigenvalue weighted by Crippen LogP contribution is -2.55. The van der Waals surface area contributed by atoms with E-state index in [0.717, 1.165) is 93.3 Å². The highest BCUT2D eigenvalue weighted by molar-refractivity contribution is 7.25. The van der Waals surface area contributed by atoms with Crippen molar-refractivity contribution in [1.82, 2.24) is 4.57 Å². The first-order valence-electron chi connectivity index (χ1n) is 53.7. The molecular weight excluding hydrogens is 1760 g/mol. The van der Waals surface area contributed by atoms with Crippen LogP contribution in [-0.2, 0) is 16.2 Å². The molecule has 12 saturated carbocycles. The van der Waals surface area contributed by atoms with Gasteiger partial charge in [0.25, 0.3) is 0 Å². The quantitative estimate of drug-likeness (QED) is 0.136. The molecule has 0 atom stereocenters. The summed E-state index contributed by atoms with van der Waals surface area (Å²) in [7, 11) is 0. The number of anilines is 9. The molecule has 3 spiro atoms. The maximum Gasteiger partial charge on any atom is 0.137 e. The zero-order chi connectivity index (χ0) is 93.9. The Balaban J connectivity index is 0.0000000969. The summed E-state index contributed by atoms with van der Waals surface area (Å²) >= 11 is 1.91. The fourth-order valence-corrected chi connectivity index (χ4v) is 35.1. The van der Waals surface area contributed by atoms with E-state index in [1.807, 2.05) is 11.3 Å². The summed E-state index contributed by atoms with van der Waals surface area (Å²) in [6, 6.07) is 156. The van der Waals surface area contributed by atoms with Gasteiger partial charge in [0.1, 0.15) is 11.2 Å². The van der Waals surface area contributed by atoms with Crippen molar-refractivity contribution in [3.63, 3.8) is 0 Å². The lowest BCUT2D eigenvalue weighted by Gasteiger charge is -2.61. The smallest absolute Gasteiger partial charge is 0.137 e. The van der Waals surface area contributed by atoms with Crippen molar-refractivity contribution in [3.05, 3.63) is 446 Å². The number of fused-ring (bicyclic) bond motifs is 21. The van der Waals surface area contributed by atoms with Crippen molar-refractivity contribution in [2.75, 3.05) is 14.7 Å². The van der Waals surface area contributed by atoms with Crippen LogP contribution in [0, 0.1) is 71.0 Å². The van der Waals surface area contributed by atoms with Crippen LogP contribution in [0.2, 0.25) is 0 Å². The molecule has 15 aliphatic rings. The Labute approximate surface area is 844 Å². The second kappa shape index (κ2) is 31.6. The van der Waals surface area contributed by atoms with Crippen molar-refractivity contribution in [2.24, 2.45) is 71.0 Å². The highest BCUT2D eigenvalue weighted by Gasteiger charge is 2.65. The Kier molecular flexibility index (Phi) is 18.1. The molecule has 6 heteroatoms. The first-order chi connectivity index (χ1) is 71.3. The van der Waals surface area contributed by atoms with Crippen molar-refractivity contribution in [3.8, 4) is 39.1 Å². The van der Waals surface area contributed by atoms with Crippen LogP contribution in [0.4, 0.5) is 51.2 Å². The lowest BCUT2D eigenvalue weighted by atomic mass is 9.43. The van der Waals surface area contributed by atoms with Crippen molar-refractivity contribution in [1.29, 1.82) is 0 Å². The van der Waals surface area contributed by atoms with E-state index in [4.69, 9.17) is 4.42 Å². The predicted octanol–water partition coefficient (Wildman–Crippen LogP) is 37.5. The topological polar surface area (TPSA) is 27.8 Å². The van der Waals surface area contributed by atoms with Gasteiger partial charge in [-0.05, 0) is 378 Å². The minimum Gasteiger partial charge on any atom is -0.456 e. The molecule has 0 saturated heterocycles. The monoisotopic (exact) mass is 1870 g/mol. The molecule has 22 aromatic rings. The van der Waals surface area contributed by atoms with E-state index in [2.05, 4.69) is 432 Å². The van der Waals surface area contributed by atoms with Crippen LogP contribution in [0.1, 0.15) is 130 Å². The third-order valence-electron chi connectivity index (χ3n) is 38.6. The van der Waals surface area contributed by atoms with Gasteiger partial charge in [0.2, 0.25) is 0 Å². The van der Waals surface area contributed by atoms with E-state index in [1.165, 1.54) is 261 Å². The van der Waals surface area contributed by atoms with Gasteiger partial charge < -0.3 is 23.7 Å². The molecule has 37 rings (SSSR count). The molecule has 0 N–H and O–H groups in total. The molecule has 3 heterocycles. The van der Waals surface area contributed by atoms with Crippen LogP contribution >= 0.6 is 11.3 Å². The molecule has 0 amide bonds. The molecule has 0 radical (unpaired) electrons. The number of nitrogens with zero attached hydrogens (tertiary/aromatic N) is 4. The predicted molar refractivity (Wildman–Crippen MR) is 600 cm³/mol. The Morgan fingerprint density at radius 1 is 0.208 bits per heavy atom. The largest absolute Gasteiger partial charge is 0.456 e. The Morgan fingerprint density at radius 2 is 0.507 bits per heavy atom. The van der Waals surface area contributed by atoms with Crippen LogP contribution in [0.25, 0.3) is 135 Å². The van der Waals surface area contributed by atoms with Gasteiger partial charge in [-0.1, -0.05) is 279 Å². The third kappa shape index (κ3) is 11.9. The second-order valence-electron chi connectivity index (χ2n) is 45.3. The number of hydrogen-bond acceptors (Lipinski definition) is 5. The van der Waals surface area contributed by atoms with Gasteiger partial charge in [0.05, 0.1) is 28.1 Å². The number of hydrogen-bond donors (Lipinski definition) is 0. The maximum absolute atomic E-state index is 6.45. The van der Waals surface area contributed by atoms with Crippen LogP contribution < -0.4 is 14.7 Å². The Hall–Kier alpha value is -14.8. The van der Waals surface area contributed by atoms with E-state index >= 15 is 0 Å². The number of thiophene rings is 1. The summed E-state index contributed by atoms with van der Waals surface area (Å²) in [5, 5.41) is 15.2. The maximum atomic E-state index is 6.45. The SMILES string of the molecule is c1ccc2c(c1)-c1ccc(N(c3ccc(-n4c5ccccc5c5ccccc54)cc3)c3cccc4ccccc34)cc1C21C2CC3CC(C2)CC1C3.c1ccc2c(c1)-c1ccc(N(c3ccc4c(c3)oc3ccccc34)c3cccc4ccccc34)cc1C21C2CC3CC(C2)CC1C3.c1ccc2c(c1)-c1ccc(N(c3ccc4c(c3)sc3ccccc34)c3cccc4ccccc34)cc1C21C2CC3CC(C2)CC1C3. The number of benzene rings is 19. The second-order valence-corrected chi connectivity index (χ2v) is 46.4. The fraction of sp³-hybridized carbons (Fsp3) is 0.217. The summed E-state index contributed by atoms with van der Waals surface area (Å²) in [5.41, 5.74) is 35.3. The molecule has 5 nitrogen and oxygen atoms in total. The molecule has 0 unspecified atom stereocenters. The summed E-state index contributed by atoms with van der Waals surface area (Å²) in [4.78, 5) is 7.58. The van der Waals surface area contributed by atoms with E-state index in [0.29, 0.717) is 0 Å². The molecule has 15 aliphatic carbocycles. The van der Waals surface area contributed by atoms with E-state index in [9.17, 15) is 0 Å². The van der Waals surface area contributed by atoms with Crippen LogP contribution in [0.5, 0.6) is 0 Å². The van der Waals surface area contributed by atoms with E-state index in [1.54, 1.807) is 33.4 Å². The molecule has 3 aromatic heterocycles. The van der Waals surface area contributed by atoms with Gasteiger partial charge in [-0.3, -0.25) is 0 Å². The summed E-state index contributed by atoms with van der Waals surface area (Å²) < 4.78 is 11.6. The number of rotatable bonds is 10. The van der Waals surface area contributed by atoms with Gasteiger partial charge >= 0.3 is 0 Å². The molecule has 0 aliphatic heterocycles. The van der Waals surface area contributed by atoms with Crippen molar-refractivity contribution < 1.29 is 4.42 Å². The van der Waals surface area contributed by atoms with Gasteiger partial charge in [-0.25, -0.2) is 0 Å². The molecule has 12 fully saturated rings. The lowest BCUT2D eigenvalue weighted by molar-refractivity contribution is -0.0399. The van der Waals surface area contributed by atoms with Gasteiger partial charge in [0, 0.05) is 120 Å². The van der Waals surface area contributed by atoms with Gasteiger partial charge in [-0.15, -0.1) is 11.3 Å². The standard InChI is InChI=1S/C50H40N2.C44H35NO.C44H35NS/c1-2-12-40-34(10-1)11-9-19-47(40)51(37-20-22-38(23-21-37)52-48-17-7-4-14-43(48)44-15-5-8-18-49(44)52)39-24-25-42-41-13-3-6-16-45(41)50(46(42)31-39)35-27-32-26-33(29-35)30-36(50)28-32;2*1-2-10-34-29(8-1)9-7-14-41(34)45(33-17-19-38-37-12-4-6-15-42(37)46-43(38)26-33)32-16-18-36-35-11-3-5-13-39(35)44(40(36)25-32)30-21-27-20-28(23-30)24-31(44)22-27/h1-25,31-33,35-36H,26-30H2;2*1-19,25-28,30-31H,20-24H2. The number of aromatic nitrogens is 1. The zero-order valence-electron chi connectivity index (χ0n) is 80.9.